The summed E-state index contributed by atoms with van der Waals surface area (Å²) in [7, 11) is 0. The Hall–Kier alpha value is -3.17. The van der Waals surface area contributed by atoms with Crippen molar-refractivity contribution >= 4 is 46.4 Å². The highest BCUT2D eigenvalue weighted by molar-refractivity contribution is 6.31. The summed E-state index contributed by atoms with van der Waals surface area (Å²) in [6.45, 7) is 6.20. The van der Waals surface area contributed by atoms with Gasteiger partial charge in [0.1, 0.15) is 23.6 Å². The molecule has 1 saturated heterocycles. The lowest BCUT2D eigenvalue weighted by atomic mass is 9.62. The molecule has 0 saturated carbocycles. The molecule has 1 spiro atoms. The van der Waals surface area contributed by atoms with E-state index in [2.05, 4.69) is 36.7 Å². The number of anilines is 2. The summed E-state index contributed by atoms with van der Waals surface area (Å²) < 4.78 is 21.3. The van der Waals surface area contributed by atoms with Crippen molar-refractivity contribution in [1.82, 2.24) is 5.32 Å². The highest BCUT2D eigenvalue weighted by atomic mass is 35.5. The first-order chi connectivity index (χ1) is 19.5. The van der Waals surface area contributed by atoms with Gasteiger partial charge in [0.25, 0.3) is 0 Å². The number of hydrogen-bond donors (Lipinski definition) is 4. The minimum atomic E-state index is -1.33. The Bertz CT molecular complexity index is 1480. The predicted octanol–water partition coefficient (Wildman–Crippen LogP) is 5.89. The van der Waals surface area contributed by atoms with Gasteiger partial charge in [0.05, 0.1) is 17.7 Å². The van der Waals surface area contributed by atoms with Crippen molar-refractivity contribution in [3.05, 3.63) is 87.7 Å². The van der Waals surface area contributed by atoms with E-state index in [0.717, 1.165) is 0 Å². The van der Waals surface area contributed by atoms with E-state index < -0.39 is 35.1 Å². The van der Waals surface area contributed by atoms with Gasteiger partial charge < -0.3 is 25.8 Å². The monoisotopic (exact) mass is 599 g/mol. The average Bonchev–Trinajstić information content (AvgIpc) is 3.38. The first-order valence-corrected chi connectivity index (χ1v) is 14.2. The Kier molecular flexibility index (Phi) is 8.05. The topological polar surface area (TPSA) is 99.7 Å². The quantitative estimate of drug-likeness (QED) is 0.271. The second-order valence-corrected chi connectivity index (χ2v) is 12.5. The smallest absolute Gasteiger partial charge is 0.242 e. The van der Waals surface area contributed by atoms with Gasteiger partial charge in [-0.3, -0.25) is 9.59 Å². The number of amides is 2. The largest absolute Gasteiger partial charge is 0.491 e. The number of nitrogens with one attached hydrogen (secondary N) is 3. The molecule has 10 heteroatoms. The van der Waals surface area contributed by atoms with Gasteiger partial charge in [-0.25, -0.2) is 4.39 Å². The van der Waals surface area contributed by atoms with E-state index in [1.165, 1.54) is 6.07 Å². The van der Waals surface area contributed by atoms with Gasteiger partial charge >= 0.3 is 0 Å². The second kappa shape index (κ2) is 11.2. The van der Waals surface area contributed by atoms with E-state index in [1.54, 1.807) is 54.6 Å². The van der Waals surface area contributed by atoms with Gasteiger partial charge in [-0.2, -0.15) is 0 Å². The minimum absolute atomic E-state index is 0.0933. The summed E-state index contributed by atoms with van der Waals surface area (Å²) in [5.41, 5.74) is 0.284. The lowest BCUT2D eigenvalue weighted by Crippen LogP contribution is -2.49. The second-order valence-electron chi connectivity index (χ2n) is 11.7. The molecular weight excluding hydrogens is 568 g/mol. The van der Waals surface area contributed by atoms with Gasteiger partial charge in [0, 0.05) is 28.4 Å². The van der Waals surface area contributed by atoms with E-state index in [-0.39, 0.29) is 35.1 Å². The van der Waals surface area contributed by atoms with Crippen molar-refractivity contribution in [3.63, 3.8) is 0 Å². The lowest BCUT2D eigenvalue weighted by Gasteiger charge is -2.37. The molecule has 2 heterocycles. The number of benzene rings is 3. The molecule has 5 rings (SSSR count). The first-order valence-electron chi connectivity index (χ1n) is 13.4. The van der Waals surface area contributed by atoms with Crippen molar-refractivity contribution < 1.29 is 23.8 Å². The predicted molar refractivity (Wildman–Crippen MR) is 158 cm³/mol. The molecule has 3 aromatic carbocycles. The van der Waals surface area contributed by atoms with Crippen LogP contribution in [0.1, 0.15) is 44.2 Å². The van der Waals surface area contributed by atoms with Crippen molar-refractivity contribution in [3.8, 4) is 5.75 Å². The highest BCUT2D eigenvalue weighted by Crippen LogP contribution is 2.57. The van der Waals surface area contributed by atoms with Crippen LogP contribution < -0.4 is 20.7 Å². The van der Waals surface area contributed by atoms with Crippen molar-refractivity contribution in [1.29, 1.82) is 0 Å². The first kappa shape index (κ1) is 29.3. The van der Waals surface area contributed by atoms with Gasteiger partial charge in [0.2, 0.25) is 11.8 Å². The summed E-state index contributed by atoms with van der Waals surface area (Å²) in [5.74, 6) is -1.83. The molecule has 0 bridgehead atoms. The van der Waals surface area contributed by atoms with E-state index >= 15 is 4.39 Å². The Labute approximate surface area is 248 Å². The average molecular weight is 601 g/mol. The third-order valence-corrected chi connectivity index (χ3v) is 8.23. The molecule has 0 radical (unpaired) electrons. The molecule has 0 aliphatic carbocycles. The Morgan fingerprint density at radius 1 is 1.12 bits per heavy atom. The summed E-state index contributed by atoms with van der Waals surface area (Å²) in [6.07, 6.45) is 0.516. The zero-order chi connectivity index (χ0) is 29.5. The third-order valence-electron chi connectivity index (χ3n) is 7.70. The number of halogens is 3. The maximum absolute atomic E-state index is 15.9. The molecule has 1 fully saturated rings. The van der Waals surface area contributed by atoms with Crippen LogP contribution in [-0.2, 0) is 15.0 Å². The molecule has 2 aliphatic rings. The zero-order valence-electron chi connectivity index (χ0n) is 22.9. The van der Waals surface area contributed by atoms with E-state index in [0.29, 0.717) is 34.1 Å². The van der Waals surface area contributed by atoms with Crippen LogP contribution in [0.4, 0.5) is 15.8 Å². The van der Waals surface area contributed by atoms with Crippen LogP contribution in [0.5, 0.6) is 5.75 Å². The number of rotatable bonds is 7. The van der Waals surface area contributed by atoms with Crippen LogP contribution in [0.15, 0.2) is 60.7 Å². The van der Waals surface area contributed by atoms with Crippen molar-refractivity contribution in [2.75, 3.05) is 23.8 Å². The molecule has 4 atom stereocenters. The number of ether oxygens (including phenoxy) is 1. The standard InChI is InChI=1S/C31H32Cl2FN3O4/c1-30(2,3)16-24-31(21-12-7-17(32)15-23(21)36-29(31)40)25(20-5-4-6-22(33)26(20)34)27(37-24)28(39)35-18-8-10-19(11-9-18)41-14-13-38/h4-12,15,24-25,27,37-38H,13-14,16H2,1-3H3,(H,35,39)(H,36,40)/t24-,25-,27+,31+/m0/s1. The van der Waals surface area contributed by atoms with Crippen LogP contribution in [0.2, 0.25) is 10.0 Å². The number of aliphatic hydroxyl groups excluding tert-OH is 1. The molecule has 216 valence electrons. The maximum atomic E-state index is 15.9. The van der Waals surface area contributed by atoms with Crippen LogP contribution in [0.25, 0.3) is 0 Å². The molecule has 2 aliphatic heterocycles. The maximum Gasteiger partial charge on any atom is 0.242 e. The van der Waals surface area contributed by atoms with E-state index in [1.807, 2.05) is 0 Å². The molecule has 2 amide bonds. The molecule has 41 heavy (non-hydrogen) atoms. The number of fused-ring (bicyclic) bond motifs is 2. The van der Waals surface area contributed by atoms with Crippen LogP contribution in [0.3, 0.4) is 0 Å². The van der Waals surface area contributed by atoms with Crippen molar-refractivity contribution in [2.24, 2.45) is 5.41 Å². The Morgan fingerprint density at radius 2 is 1.85 bits per heavy atom. The van der Waals surface area contributed by atoms with E-state index in [4.69, 9.17) is 33.0 Å². The molecule has 7 nitrogen and oxygen atoms in total. The molecule has 0 unspecified atom stereocenters. The lowest BCUT2D eigenvalue weighted by molar-refractivity contribution is -0.122. The summed E-state index contributed by atoms with van der Waals surface area (Å²) in [6, 6.07) is 15.0. The fraction of sp³-hybridized carbons (Fsp3) is 0.355. The number of carbonyl (C=O) groups is 2. The minimum Gasteiger partial charge on any atom is -0.491 e. The fourth-order valence-electron chi connectivity index (χ4n) is 6.17. The fourth-order valence-corrected chi connectivity index (χ4v) is 6.52. The van der Waals surface area contributed by atoms with Crippen LogP contribution in [-0.4, -0.2) is 42.2 Å². The Morgan fingerprint density at radius 3 is 2.54 bits per heavy atom. The van der Waals surface area contributed by atoms with Gasteiger partial charge in [-0.05, 0) is 65.4 Å². The molecular formula is C31H32Cl2FN3O4. The zero-order valence-corrected chi connectivity index (χ0v) is 24.4. The molecule has 3 aromatic rings. The van der Waals surface area contributed by atoms with Gasteiger partial charge in [-0.15, -0.1) is 0 Å². The normalized spacial score (nSPS) is 23.4. The van der Waals surface area contributed by atoms with E-state index in [9.17, 15) is 9.59 Å². The highest BCUT2D eigenvalue weighted by Gasteiger charge is 2.66. The molecule has 0 aromatic heterocycles. The van der Waals surface area contributed by atoms with Gasteiger partial charge in [0.15, 0.2) is 0 Å². The number of aliphatic hydroxyl groups is 1. The SMILES string of the molecule is CC(C)(C)C[C@@H]1N[C@@H](C(=O)Nc2ccc(OCCO)cc2)[C@H](c2cccc(Cl)c2F)[C@]12C(=O)Nc1cc(Cl)ccc12. The number of hydrogen-bond acceptors (Lipinski definition) is 5. The van der Waals surface area contributed by atoms with Crippen LogP contribution >= 0.6 is 23.2 Å². The summed E-state index contributed by atoms with van der Waals surface area (Å²) in [5, 5.41) is 18.7. The van der Waals surface area contributed by atoms with Crippen molar-refractivity contribution in [2.45, 2.75) is 50.6 Å². The summed E-state index contributed by atoms with van der Waals surface area (Å²) >= 11 is 12.5. The Balaban J connectivity index is 1.64. The molecule has 4 N–H and O–H groups in total. The van der Waals surface area contributed by atoms with Crippen LogP contribution in [0, 0.1) is 11.2 Å². The third kappa shape index (κ3) is 5.42. The van der Waals surface area contributed by atoms with Gasteiger partial charge in [-0.1, -0.05) is 62.2 Å². The number of carbonyl (C=O) groups excluding carboxylic acids is 2. The summed E-state index contributed by atoms with van der Waals surface area (Å²) in [4.78, 5) is 28.2.